The molecule has 0 spiro atoms. The molecule has 146 valence electrons. The monoisotopic (exact) mass is 416 g/mol. The minimum absolute atomic E-state index is 0.0329. The Morgan fingerprint density at radius 3 is 2.04 bits per heavy atom. The van der Waals surface area contributed by atoms with Gasteiger partial charge in [0.2, 0.25) is 5.75 Å². The lowest BCUT2D eigenvalue weighted by Crippen LogP contribution is -2.14. The van der Waals surface area contributed by atoms with Crippen LogP contribution in [-0.2, 0) is 10.0 Å². The van der Waals surface area contributed by atoms with Gasteiger partial charge in [-0.1, -0.05) is 11.6 Å². The summed E-state index contributed by atoms with van der Waals surface area (Å²) in [6.45, 7) is 1.43. The highest BCUT2D eigenvalue weighted by Crippen LogP contribution is 2.40. The van der Waals surface area contributed by atoms with Crippen LogP contribution in [-0.4, -0.2) is 34.7 Å². The molecule has 0 aromatic heterocycles. The Bertz CT molecular complexity index is 967. The van der Waals surface area contributed by atoms with Crippen molar-refractivity contribution in [1.29, 1.82) is 0 Å². The molecule has 0 saturated carbocycles. The highest BCUT2D eigenvalue weighted by molar-refractivity contribution is 7.92. The first-order chi connectivity index (χ1) is 12.6. The zero-order valence-electron chi connectivity index (χ0n) is 14.9. The van der Waals surface area contributed by atoms with Gasteiger partial charge in [0, 0.05) is 23.8 Å². The van der Waals surface area contributed by atoms with Crippen molar-refractivity contribution in [3.8, 4) is 17.2 Å². The highest BCUT2D eigenvalue weighted by atomic mass is 35.5. The third-order valence-corrected chi connectivity index (χ3v) is 5.47. The molecule has 0 heterocycles. The topological polar surface area (TPSA) is 117 Å². The smallest absolute Gasteiger partial charge is 0.275 e. The molecule has 27 heavy (non-hydrogen) atoms. The van der Waals surface area contributed by atoms with Crippen molar-refractivity contribution in [2.45, 2.75) is 11.8 Å². The van der Waals surface area contributed by atoms with Crippen molar-refractivity contribution in [3.05, 3.63) is 45.0 Å². The average Bonchev–Trinajstić information content (AvgIpc) is 2.62. The van der Waals surface area contributed by atoms with Gasteiger partial charge in [0.1, 0.15) is 0 Å². The van der Waals surface area contributed by atoms with Crippen LogP contribution >= 0.6 is 11.6 Å². The van der Waals surface area contributed by atoms with E-state index < -0.39 is 20.6 Å². The fourth-order valence-corrected chi connectivity index (χ4v) is 3.70. The van der Waals surface area contributed by atoms with E-state index in [1.807, 2.05) is 0 Å². The second-order valence-corrected chi connectivity index (χ2v) is 7.42. The largest absolute Gasteiger partial charge is 0.493 e. The minimum atomic E-state index is -4.17. The normalized spacial score (nSPS) is 11.0. The van der Waals surface area contributed by atoms with Crippen LogP contribution < -0.4 is 18.9 Å². The Kier molecular flexibility index (Phi) is 6.01. The van der Waals surface area contributed by atoms with E-state index in [1.165, 1.54) is 40.4 Å². The van der Waals surface area contributed by atoms with E-state index in [0.29, 0.717) is 0 Å². The molecule has 1 N–H and O–H groups in total. The number of hydrogen-bond acceptors (Lipinski definition) is 7. The van der Waals surface area contributed by atoms with Gasteiger partial charge in [-0.2, -0.15) is 0 Å². The number of hydrogen-bond donors (Lipinski definition) is 1. The fourth-order valence-electron chi connectivity index (χ4n) is 2.34. The van der Waals surface area contributed by atoms with Crippen molar-refractivity contribution >= 4 is 33.0 Å². The quantitative estimate of drug-likeness (QED) is 0.543. The highest BCUT2D eigenvalue weighted by Gasteiger charge is 2.24. The molecule has 9 nitrogen and oxygen atoms in total. The molecular formula is C16H17ClN2O7S. The molecule has 2 aromatic carbocycles. The second kappa shape index (κ2) is 7.89. The first-order valence-electron chi connectivity index (χ1n) is 7.42. The second-order valence-electron chi connectivity index (χ2n) is 5.33. The predicted molar refractivity (Wildman–Crippen MR) is 99.7 cm³/mol. The molecule has 2 aromatic rings. The molecule has 0 aliphatic carbocycles. The fraction of sp³-hybridized carbons (Fsp3) is 0.250. The zero-order chi connectivity index (χ0) is 20.4. The summed E-state index contributed by atoms with van der Waals surface area (Å²) in [5, 5.41) is 11.1. The van der Waals surface area contributed by atoms with Gasteiger partial charge in [-0.05, 0) is 13.0 Å². The number of nitrogens with zero attached hydrogens (tertiary/aromatic N) is 1. The van der Waals surface area contributed by atoms with E-state index in [-0.39, 0.29) is 38.4 Å². The Morgan fingerprint density at radius 2 is 1.59 bits per heavy atom. The van der Waals surface area contributed by atoms with Crippen LogP contribution in [0.4, 0.5) is 11.4 Å². The van der Waals surface area contributed by atoms with Crippen LogP contribution in [0.15, 0.2) is 29.2 Å². The molecule has 2 rings (SSSR count). The summed E-state index contributed by atoms with van der Waals surface area (Å²) in [6, 6.07) is 4.87. The van der Waals surface area contributed by atoms with Gasteiger partial charge in [-0.3, -0.25) is 14.8 Å². The molecule has 0 amide bonds. The van der Waals surface area contributed by atoms with Crippen LogP contribution in [0, 0.1) is 17.0 Å². The van der Waals surface area contributed by atoms with Gasteiger partial charge >= 0.3 is 0 Å². The summed E-state index contributed by atoms with van der Waals surface area (Å²) in [5.74, 6) is 0.766. The Labute approximate surface area is 161 Å². The van der Waals surface area contributed by atoms with Gasteiger partial charge in [-0.15, -0.1) is 0 Å². The van der Waals surface area contributed by atoms with E-state index in [2.05, 4.69) is 4.72 Å². The van der Waals surface area contributed by atoms with Crippen molar-refractivity contribution in [2.75, 3.05) is 26.1 Å². The molecule has 0 unspecified atom stereocenters. The number of anilines is 1. The van der Waals surface area contributed by atoms with Crippen LogP contribution in [0.3, 0.4) is 0 Å². The first-order valence-corrected chi connectivity index (χ1v) is 9.28. The van der Waals surface area contributed by atoms with E-state index in [9.17, 15) is 18.5 Å². The summed E-state index contributed by atoms with van der Waals surface area (Å²) >= 11 is 5.95. The van der Waals surface area contributed by atoms with Crippen LogP contribution in [0.1, 0.15) is 5.56 Å². The van der Waals surface area contributed by atoms with Gasteiger partial charge in [0.25, 0.3) is 15.7 Å². The number of halogens is 1. The van der Waals surface area contributed by atoms with Crippen molar-refractivity contribution < 1.29 is 27.6 Å². The lowest BCUT2D eigenvalue weighted by Gasteiger charge is -2.15. The molecule has 0 fully saturated rings. The molecule has 11 heteroatoms. The van der Waals surface area contributed by atoms with Crippen LogP contribution in [0.25, 0.3) is 0 Å². The molecule has 0 radical (unpaired) electrons. The molecule has 0 bridgehead atoms. The van der Waals surface area contributed by atoms with Crippen LogP contribution in [0.5, 0.6) is 17.2 Å². The summed E-state index contributed by atoms with van der Waals surface area (Å²) in [4.78, 5) is 10.1. The maximum atomic E-state index is 12.7. The van der Waals surface area contributed by atoms with Gasteiger partial charge in [-0.25, -0.2) is 8.42 Å². The van der Waals surface area contributed by atoms with Gasteiger partial charge in [0.05, 0.1) is 41.9 Å². The number of nitro benzene ring substituents is 1. The number of methoxy groups -OCH3 is 3. The minimum Gasteiger partial charge on any atom is -0.493 e. The van der Waals surface area contributed by atoms with Crippen molar-refractivity contribution in [3.63, 3.8) is 0 Å². The Morgan fingerprint density at radius 1 is 1.04 bits per heavy atom. The standard InChI is InChI=1S/C16H17ClN2O7S/c1-9-12(17)7-11(8-13(9)19(20)21)27(22,23)18-10-5-14(24-2)16(26-4)15(6-10)25-3/h5-8,18H,1-4H3. The average molecular weight is 417 g/mol. The maximum absolute atomic E-state index is 12.7. The third kappa shape index (κ3) is 4.17. The SMILES string of the molecule is COc1cc(NS(=O)(=O)c2cc(Cl)c(C)c([N+](=O)[O-])c2)cc(OC)c1OC. The lowest BCUT2D eigenvalue weighted by atomic mass is 10.2. The summed E-state index contributed by atoms with van der Waals surface area (Å²) in [7, 11) is 0.0205. The summed E-state index contributed by atoms with van der Waals surface area (Å²) in [5.41, 5.74) is -0.106. The number of ether oxygens (including phenoxy) is 3. The Hall–Kier alpha value is -2.72. The van der Waals surface area contributed by atoms with Crippen LogP contribution in [0.2, 0.25) is 5.02 Å². The Balaban J connectivity index is 2.53. The number of nitrogens with one attached hydrogen (secondary N) is 1. The molecule has 0 aliphatic heterocycles. The number of rotatable bonds is 7. The zero-order valence-corrected chi connectivity index (χ0v) is 16.5. The third-order valence-electron chi connectivity index (χ3n) is 3.71. The summed E-state index contributed by atoms with van der Waals surface area (Å²) < 4.78 is 43.2. The number of sulfonamides is 1. The van der Waals surface area contributed by atoms with E-state index >= 15 is 0 Å². The van der Waals surface area contributed by atoms with Crippen molar-refractivity contribution in [2.24, 2.45) is 0 Å². The lowest BCUT2D eigenvalue weighted by molar-refractivity contribution is -0.385. The van der Waals surface area contributed by atoms with Gasteiger partial charge < -0.3 is 14.2 Å². The maximum Gasteiger partial charge on any atom is 0.275 e. The predicted octanol–water partition coefficient (Wildman–Crippen LogP) is 3.38. The van der Waals surface area contributed by atoms with E-state index in [0.717, 1.165) is 12.1 Å². The van der Waals surface area contributed by atoms with Crippen molar-refractivity contribution in [1.82, 2.24) is 0 Å². The van der Waals surface area contributed by atoms with Gasteiger partial charge in [0.15, 0.2) is 11.5 Å². The first kappa shape index (κ1) is 20.6. The van der Waals surface area contributed by atoms with E-state index in [4.69, 9.17) is 25.8 Å². The number of nitro groups is 1. The van der Waals surface area contributed by atoms with E-state index in [1.54, 1.807) is 0 Å². The molecular weight excluding hydrogens is 400 g/mol. The molecule has 0 atom stereocenters. The summed E-state index contributed by atoms with van der Waals surface area (Å²) in [6.07, 6.45) is 0. The number of benzene rings is 2. The molecule has 0 aliphatic rings. The molecule has 0 saturated heterocycles.